The molecule has 0 aliphatic carbocycles. The molecule has 7 nitrogen and oxygen atoms in total. The molecule has 156 valence electrons. The van der Waals surface area contributed by atoms with Crippen LogP contribution in [-0.4, -0.2) is 19.6 Å². The first kappa shape index (κ1) is 20.8. The highest BCUT2D eigenvalue weighted by Crippen LogP contribution is 2.29. The first-order chi connectivity index (χ1) is 15.0. The van der Waals surface area contributed by atoms with E-state index in [1.165, 1.54) is 21.8 Å². The van der Waals surface area contributed by atoms with Crippen LogP contribution in [0.3, 0.4) is 0 Å². The lowest BCUT2D eigenvalue weighted by molar-refractivity contribution is 0.460. The Morgan fingerprint density at radius 1 is 0.677 bits per heavy atom. The average molecular weight is 455 g/mol. The molecule has 4 aromatic rings. The summed E-state index contributed by atoms with van der Waals surface area (Å²) in [5, 5.41) is 7.87. The molecule has 0 fully saturated rings. The van der Waals surface area contributed by atoms with Crippen molar-refractivity contribution in [2.75, 3.05) is 0 Å². The van der Waals surface area contributed by atoms with E-state index in [1.54, 1.807) is 0 Å². The van der Waals surface area contributed by atoms with Crippen molar-refractivity contribution in [3.8, 4) is 11.5 Å². The Bertz CT molecular complexity index is 1220. The van der Waals surface area contributed by atoms with Crippen molar-refractivity contribution < 1.29 is 4.74 Å². The van der Waals surface area contributed by atoms with Crippen LogP contribution in [0.15, 0.2) is 82.6 Å². The summed E-state index contributed by atoms with van der Waals surface area (Å²) >= 11 is 12.4. The quantitative estimate of drug-likeness (QED) is 0.439. The molecule has 0 saturated heterocycles. The zero-order valence-corrected chi connectivity index (χ0v) is 17.6. The Labute approximate surface area is 187 Å². The van der Waals surface area contributed by atoms with Gasteiger partial charge in [0.15, 0.2) is 21.5 Å². The highest BCUT2D eigenvalue weighted by molar-refractivity contribution is 6.32. The molecule has 2 aromatic heterocycles. The lowest BCUT2D eigenvalue weighted by Crippen LogP contribution is -2.25. The van der Waals surface area contributed by atoms with E-state index in [0.717, 1.165) is 11.1 Å². The summed E-state index contributed by atoms with van der Waals surface area (Å²) in [7, 11) is 0. The summed E-state index contributed by atoms with van der Waals surface area (Å²) in [5.41, 5.74) is 0.751. The third-order valence-electron chi connectivity index (χ3n) is 4.48. The minimum atomic E-state index is -0.524. The minimum absolute atomic E-state index is 0.0140. The van der Waals surface area contributed by atoms with Gasteiger partial charge in [-0.1, -0.05) is 83.9 Å². The van der Waals surface area contributed by atoms with Crippen molar-refractivity contribution in [3.05, 3.63) is 115 Å². The molecular formula is C22H16Cl2N4O3. The van der Waals surface area contributed by atoms with Gasteiger partial charge in [-0.15, -0.1) is 0 Å². The second kappa shape index (κ2) is 9.16. The van der Waals surface area contributed by atoms with Gasteiger partial charge in [-0.2, -0.15) is 10.2 Å². The summed E-state index contributed by atoms with van der Waals surface area (Å²) in [6.45, 7) is 0.523. The Morgan fingerprint density at radius 2 is 1.06 bits per heavy atom. The van der Waals surface area contributed by atoms with Crippen LogP contribution in [-0.2, 0) is 13.1 Å². The lowest BCUT2D eigenvalue weighted by Gasteiger charge is -2.11. The van der Waals surface area contributed by atoms with Gasteiger partial charge in [0.05, 0.1) is 25.5 Å². The number of rotatable bonds is 6. The van der Waals surface area contributed by atoms with Crippen molar-refractivity contribution in [1.82, 2.24) is 19.6 Å². The van der Waals surface area contributed by atoms with Crippen molar-refractivity contribution >= 4 is 23.2 Å². The Hall–Kier alpha value is -3.42. The number of halogens is 2. The van der Waals surface area contributed by atoms with Crippen LogP contribution < -0.4 is 15.9 Å². The molecular weight excluding hydrogens is 439 g/mol. The van der Waals surface area contributed by atoms with E-state index in [4.69, 9.17) is 27.9 Å². The van der Waals surface area contributed by atoms with Crippen molar-refractivity contribution in [3.63, 3.8) is 0 Å². The average Bonchev–Trinajstić information content (AvgIpc) is 2.80. The summed E-state index contributed by atoms with van der Waals surface area (Å²) < 4.78 is 8.05. The van der Waals surface area contributed by atoms with Gasteiger partial charge in [-0.05, 0) is 11.1 Å². The van der Waals surface area contributed by atoms with E-state index in [9.17, 15) is 9.59 Å². The van der Waals surface area contributed by atoms with Crippen LogP contribution in [0.2, 0.25) is 10.0 Å². The maximum absolute atomic E-state index is 12.6. The fourth-order valence-corrected chi connectivity index (χ4v) is 3.27. The lowest BCUT2D eigenvalue weighted by atomic mass is 10.2. The molecule has 4 rings (SSSR count). The number of ether oxygens (including phenoxy) is 1. The molecule has 2 aromatic carbocycles. The molecule has 0 atom stereocenters. The van der Waals surface area contributed by atoms with E-state index >= 15 is 0 Å². The molecule has 0 radical (unpaired) electrons. The fraction of sp³-hybridized carbons (Fsp3) is 0.0909. The van der Waals surface area contributed by atoms with Crippen LogP contribution in [0.5, 0.6) is 11.5 Å². The van der Waals surface area contributed by atoms with E-state index < -0.39 is 11.1 Å². The van der Waals surface area contributed by atoms with E-state index in [-0.39, 0.29) is 34.6 Å². The second-order valence-corrected chi connectivity index (χ2v) is 7.40. The highest BCUT2D eigenvalue weighted by Gasteiger charge is 2.16. The van der Waals surface area contributed by atoms with Gasteiger partial charge in [-0.25, -0.2) is 9.36 Å². The van der Waals surface area contributed by atoms with Crippen molar-refractivity contribution in [1.29, 1.82) is 0 Å². The van der Waals surface area contributed by atoms with Gasteiger partial charge in [-0.3, -0.25) is 9.59 Å². The topological polar surface area (TPSA) is 79.0 Å². The SMILES string of the molecule is O=c1c(Cl)c(Oc2cnn(Cc3ccccc3)c(=O)c2Cl)cnn1Cc1ccccc1. The van der Waals surface area contributed by atoms with E-state index in [1.807, 2.05) is 60.7 Å². The zero-order valence-electron chi connectivity index (χ0n) is 16.1. The standard InChI is InChI=1S/C22H16Cl2N4O3/c23-19-17(11-25-27(21(19)29)13-15-7-3-1-4-8-15)31-18-12-26-28(22(30)20(18)24)14-16-9-5-2-6-10-16/h1-12H,13-14H2. The molecule has 31 heavy (non-hydrogen) atoms. The molecule has 0 amide bonds. The molecule has 0 saturated carbocycles. The number of hydrogen-bond donors (Lipinski definition) is 0. The molecule has 0 aliphatic heterocycles. The van der Waals surface area contributed by atoms with Crippen LogP contribution in [0, 0.1) is 0 Å². The van der Waals surface area contributed by atoms with Crippen molar-refractivity contribution in [2.24, 2.45) is 0 Å². The monoisotopic (exact) mass is 454 g/mol. The maximum atomic E-state index is 12.6. The molecule has 0 bridgehead atoms. The number of nitrogens with zero attached hydrogens (tertiary/aromatic N) is 4. The molecule has 0 unspecified atom stereocenters. The largest absolute Gasteiger partial charge is 0.450 e. The molecule has 0 N–H and O–H groups in total. The van der Waals surface area contributed by atoms with Crippen molar-refractivity contribution in [2.45, 2.75) is 13.1 Å². The van der Waals surface area contributed by atoms with Gasteiger partial charge in [0.2, 0.25) is 0 Å². The van der Waals surface area contributed by atoms with Crippen LogP contribution in [0.4, 0.5) is 0 Å². The Balaban J connectivity index is 1.58. The predicted octanol–water partition coefficient (Wildman–Crippen LogP) is 4.00. The zero-order chi connectivity index (χ0) is 21.8. The fourth-order valence-electron chi connectivity index (χ4n) is 2.90. The van der Waals surface area contributed by atoms with E-state index in [0.29, 0.717) is 0 Å². The Morgan fingerprint density at radius 3 is 1.45 bits per heavy atom. The summed E-state index contributed by atoms with van der Waals surface area (Å²) in [6, 6.07) is 18.8. The highest BCUT2D eigenvalue weighted by atomic mass is 35.5. The van der Waals surface area contributed by atoms with Crippen LogP contribution >= 0.6 is 23.2 Å². The molecule has 9 heteroatoms. The van der Waals surface area contributed by atoms with Gasteiger partial charge in [0, 0.05) is 0 Å². The summed E-state index contributed by atoms with van der Waals surface area (Å²) in [5.74, 6) is -0.0280. The van der Waals surface area contributed by atoms with Gasteiger partial charge in [0.25, 0.3) is 11.1 Å². The van der Waals surface area contributed by atoms with Gasteiger partial charge >= 0.3 is 0 Å². The van der Waals surface area contributed by atoms with Crippen LogP contribution in [0.25, 0.3) is 0 Å². The third kappa shape index (κ3) is 4.68. The van der Waals surface area contributed by atoms with Gasteiger partial charge in [0.1, 0.15) is 0 Å². The molecule has 0 aliphatic rings. The number of hydrogen-bond acceptors (Lipinski definition) is 5. The smallest absolute Gasteiger partial charge is 0.289 e. The number of benzene rings is 2. The number of aromatic nitrogens is 4. The maximum Gasteiger partial charge on any atom is 0.289 e. The first-order valence-electron chi connectivity index (χ1n) is 9.30. The normalized spacial score (nSPS) is 10.8. The summed E-state index contributed by atoms with van der Waals surface area (Å²) in [6.07, 6.45) is 2.61. The predicted molar refractivity (Wildman–Crippen MR) is 118 cm³/mol. The second-order valence-electron chi connectivity index (χ2n) is 6.64. The Kier molecular flexibility index (Phi) is 6.16. The van der Waals surface area contributed by atoms with Crippen LogP contribution in [0.1, 0.15) is 11.1 Å². The summed E-state index contributed by atoms with van der Waals surface area (Å²) in [4.78, 5) is 25.1. The minimum Gasteiger partial charge on any atom is -0.450 e. The first-order valence-corrected chi connectivity index (χ1v) is 10.1. The third-order valence-corrected chi connectivity index (χ3v) is 5.17. The molecule has 2 heterocycles. The van der Waals surface area contributed by atoms with Gasteiger partial charge < -0.3 is 4.74 Å². The van der Waals surface area contributed by atoms with E-state index in [2.05, 4.69) is 10.2 Å². The molecule has 0 spiro atoms.